The Morgan fingerprint density at radius 2 is 1.83 bits per heavy atom. The molecule has 5 nitrogen and oxygen atoms in total. The van der Waals surface area contributed by atoms with Gasteiger partial charge in [-0.05, 0) is 25.5 Å². The monoisotopic (exact) mass is 272 g/mol. The molecule has 0 heterocycles. The second kappa shape index (κ2) is 5.97. The topological polar surface area (TPSA) is 69.7 Å². The van der Waals surface area contributed by atoms with E-state index in [1.807, 2.05) is 6.92 Å². The van der Waals surface area contributed by atoms with Crippen molar-refractivity contribution in [2.75, 3.05) is 7.11 Å². The Morgan fingerprint density at radius 1 is 1.28 bits per heavy atom. The number of carbonyl (C=O) groups excluding carboxylic acids is 1. The van der Waals surface area contributed by atoms with Crippen LogP contribution in [-0.2, 0) is 23.8 Å². The van der Waals surface area contributed by atoms with E-state index in [-0.39, 0.29) is 11.3 Å². The van der Waals surface area contributed by atoms with Gasteiger partial charge < -0.3 is 4.74 Å². The molecule has 0 saturated heterocycles. The van der Waals surface area contributed by atoms with Crippen molar-refractivity contribution in [1.82, 2.24) is 0 Å². The molecule has 0 bridgehead atoms. The van der Waals surface area contributed by atoms with Crippen LogP contribution in [0.3, 0.4) is 0 Å². The minimum Gasteiger partial charge on any atom is -0.467 e. The zero-order chi connectivity index (χ0) is 13.8. The minimum absolute atomic E-state index is 0.0236. The maximum atomic E-state index is 11.9. The summed E-state index contributed by atoms with van der Waals surface area (Å²) in [6, 6.07) is 6.20. The molecule has 1 rings (SSSR count). The zero-order valence-electron chi connectivity index (χ0n) is 10.5. The Kier molecular flexibility index (Phi) is 4.86. The van der Waals surface area contributed by atoms with E-state index in [0.717, 1.165) is 5.56 Å². The van der Waals surface area contributed by atoms with Gasteiger partial charge in [-0.1, -0.05) is 24.6 Å². The van der Waals surface area contributed by atoms with E-state index in [4.69, 9.17) is 4.18 Å². The number of aryl methyl sites for hydroxylation is 1. The fourth-order valence-electron chi connectivity index (χ4n) is 1.32. The van der Waals surface area contributed by atoms with Crippen LogP contribution >= 0.6 is 0 Å². The van der Waals surface area contributed by atoms with Crippen molar-refractivity contribution >= 4 is 16.1 Å². The molecule has 6 heteroatoms. The average Bonchev–Trinajstić information content (AvgIpc) is 2.35. The summed E-state index contributed by atoms with van der Waals surface area (Å²) >= 11 is 0. The Balaban J connectivity index is 2.94. The maximum Gasteiger partial charge on any atom is 0.336 e. The molecule has 0 aliphatic heterocycles. The van der Waals surface area contributed by atoms with Crippen molar-refractivity contribution in [3.8, 4) is 0 Å². The highest BCUT2D eigenvalue weighted by atomic mass is 32.2. The molecule has 0 amide bonds. The lowest BCUT2D eigenvalue weighted by atomic mass is 10.2. The van der Waals surface area contributed by atoms with Crippen molar-refractivity contribution in [2.24, 2.45) is 0 Å². The zero-order valence-corrected chi connectivity index (χ0v) is 11.4. The van der Waals surface area contributed by atoms with Crippen molar-refractivity contribution in [3.05, 3.63) is 29.8 Å². The van der Waals surface area contributed by atoms with Crippen LogP contribution in [0.25, 0.3) is 0 Å². The van der Waals surface area contributed by atoms with Gasteiger partial charge in [0, 0.05) is 0 Å². The maximum absolute atomic E-state index is 11.9. The molecular formula is C12H16O5S. The van der Waals surface area contributed by atoms with Gasteiger partial charge >= 0.3 is 5.97 Å². The molecule has 1 aromatic rings. The molecule has 0 saturated carbocycles. The van der Waals surface area contributed by atoms with E-state index in [9.17, 15) is 13.2 Å². The highest BCUT2D eigenvalue weighted by molar-refractivity contribution is 7.86. The largest absolute Gasteiger partial charge is 0.467 e. The predicted octanol–water partition coefficient (Wildman–Crippen LogP) is 1.65. The molecule has 100 valence electrons. The lowest BCUT2D eigenvalue weighted by molar-refractivity contribution is -0.148. The molecule has 18 heavy (non-hydrogen) atoms. The summed E-state index contributed by atoms with van der Waals surface area (Å²) in [6.45, 7) is 3.49. The third-order valence-electron chi connectivity index (χ3n) is 2.39. The van der Waals surface area contributed by atoms with E-state index < -0.39 is 22.2 Å². The fraction of sp³-hybridized carbons (Fsp3) is 0.417. The Bertz CT molecular complexity index is 504. The van der Waals surface area contributed by atoms with Gasteiger partial charge in [-0.3, -0.25) is 4.18 Å². The van der Waals surface area contributed by atoms with E-state index >= 15 is 0 Å². The molecule has 0 aliphatic rings. The SMILES string of the molecule is CCC(OS(=O)(=O)c1ccc(C)cc1)C(=O)OC. The minimum atomic E-state index is -3.94. The summed E-state index contributed by atoms with van der Waals surface area (Å²) in [5, 5.41) is 0. The number of hydrogen-bond acceptors (Lipinski definition) is 5. The van der Waals surface area contributed by atoms with Gasteiger partial charge in [0.15, 0.2) is 6.10 Å². The lowest BCUT2D eigenvalue weighted by Crippen LogP contribution is -2.27. The smallest absolute Gasteiger partial charge is 0.336 e. The van der Waals surface area contributed by atoms with Crippen LogP contribution < -0.4 is 0 Å². The normalized spacial score (nSPS) is 13.1. The van der Waals surface area contributed by atoms with E-state index in [1.165, 1.54) is 19.2 Å². The van der Waals surface area contributed by atoms with Crippen LogP contribution in [0.15, 0.2) is 29.2 Å². The molecule has 1 aromatic carbocycles. The Morgan fingerprint density at radius 3 is 2.28 bits per heavy atom. The number of esters is 1. The summed E-state index contributed by atoms with van der Waals surface area (Å²) in [7, 11) is -2.76. The quantitative estimate of drug-likeness (QED) is 0.602. The first-order valence-electron chi connectivity index (χ1n) is 5.48. The molecule has 0 spiro atoms. The highest BCUT2D eigenvalue weighted by Gasteiger charge is 2.26. The summed E-state index contributed by atoms with van der Waals surface area (Å²) in [4.78, 5) is 11.3. The van der Waals surface area contributed by atoms with Crippen LogP contribution in [0.2, 0.25) is 0 Å². The van der Waals surface area contributed by atoms with Crippen LogP contribution in [-0.4, -0.2) is 27.6 Å². The number of hydrogen-bond donors (Lipinski definition) is 0. The molecule has 0 radical (unpaired) electrons. The molecular weight excluding hydrogens is 256 g/mol. The third kappa shape index (κ3) is 3.54. The first-order chi connectivity index (χ1) is 8.40. The van der Waals surface area contributed by atoms with Crippen molar-refractivity contribution in [2.45, 2.75) is 31.3 Å². The third-order valence-corrected chi connectivity index (χ3v) is 3.72. The molecule has 0 fully saturated rings. The second-order valence-corrected chi connectivity index (χ2v) is 5.36. The Labute approximate surface area is 107 Å². The van der Waals surface area contributed by atoms with Crippen LogP contribution in [0.4, 0.5) is 0 Å². The van der Waals surface area contributed by atoms with E-state index in [0.29, 0.717) is 0 Å². The second-order valence-electron chi connectivity index (χ2n) is 3.78. The van der Waals surface area contributed by atoms with Crippen molar-refractivity contribution in [3.63, 3.8) is 0 Å². The average molecular weight is 272 g/mol. The van der Waals surface area contributed by atoms with Crippen molar-refractivity contribution in [1.29, 1.82) is 0 Å². The van der Waals surface area contributed by atoms with Crippen LogP contribution in [0, 0.1) is 6.92 Å². The van der Waals surface area contributed by atoms with Gasteiger partial charge in [0.05, 0.1) is 12.0 Å². The van der Waals surface area contributed by atoms with Crippen LogP contribution in [0.1, 0.15) is 18.9 Å². The van der Waals surface area contributed by atoms with Gasteiger partial charge in [0.25, 0.3) is 10.1 Å². The van der Waals surface area contributed by atoms with Gasteiger partial charge in [0.1, 0.15) is 0 Å². The molecule has 0 aliphatic carbocycles. The van der Waals surface area contributed by atoms with E-state index in [2.05, 4.69) is 4.74 Å². The number of benzene rings is 1. The van der Waals surface area contributed by atoms with Crippen LogP contribution in [0.5, 0.6) is 0 Å². The molecule has 1 unspecified atom stereocenters. The van der Waals surface area contributed by atoms with Crippen molar-refractivity contribution < 1.29 is 22.1 Å². The molecule has 0 N–H and O–H groups in total. The number of ether oxygens (including phenoxy) is 1. The predicted molar refractivity (Wildman–Crippen MR) is 65.5 cm³/mol. The summed E-state index contributed by atoms with van der Waals surface area (Å²) in [5.74, 6) is -0.701. The first kappa shape index (κ1) is 14.7. The fourth-order valence-corrected chi connectivity index (χ4v) is 2.42. The number of carbonyl (C=O) groups is 1. The number of methoxy groups -OCH3 is 1. The molecule has 0 aromatic heterocycles. The van der Waals surface area contributed by atoms with Gasteiger partial charge in [-0.15, -0.1) is 0 Å². The highest BCUT2D eigenvalue weighted by Crippen LogP contribution is 2.16. The van der Waals surface area contributed by atoms with Gasteiger partial charge in [0.2, 0.25) is 0 Å². The van der Waals surface area contributed by atoms with Gasteiger partial charge in [-0.25, -0.2) is 4.79 Å². The summed E-state index contributed by atoms with van der Waals surface area (Å²) in [5.41, 5.74) is 0.939. The number of rotatable bonds is 5. The summed E-state index contributed by atoms with van der Waals surface area (Å²) < 4.78 is 33.1. The Hall–Kier alpha value is -1.40. The van der Waals surface area contributed by atoms with Gasteiger partial charge in [-0.2, -0.15) is 8.42 Å². The van der Waals surface area contributed by atoms with E-state index in [1.54, 1.807) is 19.1 Å². The first-order valence-corrected chi connectivity index (χ1v) is 6.89. The molecule has 1 atom stereocenters. The lowest BCUT2D eigenvalue weighted by Gasteiger charge is -2.13. The summed E-state index contributed by atoms with van der Waals surface area (Å²) in [6.07, 6.45) is -0.890. The standard InChI is InChI=1S/C12H16O5S/c1-4-11(12(13)16-3)17-18(14,15)10-7-5-9(2)6-8-10/h5-8,11H,4H2,1-3H3.